The van der Waals surface area contributed by atoms with Crippen LogP contribution in [0.3, 0.4) is 0 Å². The monoisotopic (exact) mass is 365 g/mol. The van der Waals surface area contributed by atoms with E-state index in [2.05, 4.69) is 19.8 Å². The number of fused-ring (bicyclic) bond motifs is 1. The van der Waals surface area contributed by atoms with E-state index < -0.39 is 11.7 Å². The highest BCUT2D eigenvalue weighted by Gasteiger charge is 2.13. The van der Waals surface area contributed by atoms with Crippen LogP contribution >= 0.6 is 0 Å². The number of ether oxygens (including phenoxy) is 1. The first-order valence-corrected chi connectivity index (χ1v) is 8.08. The minimum atomic E-state index is -0.618. The molecule has 1 amide bonds. The molecule has 0 saturated carbocycles. The van der Waals surface area contributed by atoms with Crippen LogP contribution in [0, 0.1) is 12.4 Å². The van der Waals surface area contributed by atoms with Gasteiger partial charge in [-0.3, -0.25) is 4.79 Å². The number of nitrogens with zero attached hydrogens (tertiary/aromatic N) is 3. The van der Waals surface area contributed by atoms with E-state index >= 15 is 0 Å². The van der Waals surface area contributed by atoms with Crippen LogP contribution in [0.25, 0.3) is 33.1 Å². The first kappa shape index (κ1) is 18.1. The van der Waals surface area contributed by atoms with Gasteiger partial charge < -0.3 is 20.3 Å². The molecule has 0 aliphatic carbocycles. The number of hydrogen-bond donors (Lipinski definition) is 2. The fourth-order valence-electron chi connectivity index (χ4n) is 2.42. The van der Waals surface area contributed by atoms with Gasteiger partial charge in [-0.05, 0) is 18.2 Å². The topological polar surface area (TPSA) is 98.2 Å². The van der Waals surface area contributed by atoms with Crippen molar-refractivity contribution in [2.45, 2.75) is 13.0 Å². The molecule has 3 aromatic heterocycles. The van der Waals surface area contributed by atoms with Crippen LogP contribution < -0.4 is 10.5 Å². The van der Waals surface area contributed by atoms with Crippen molar-refractivity contribution in [2.24, 2.45) is 5.73 Å². The van der Waals surface area contributed by atoms with Crippen LogP contribution in [-0.2, 0) is 4.79 Å². The maximum Gasteiger partial charge on any atom is 0.254 e. The molecule has 0 unspecified atom stereocenters. The highest BCUT2D eigenvalue weighted by atomic mass is 19.1. The summed E-state index contributed by atoms with van der Waals surface area (Å²) < 4.78 is 19.5. The van der Waals surface area contributed by atoms with Crippen molar-refractivity contribution in [1.29, 1.82) is 0 Å². The number of pyridine rings is 2. The second-order valence-electron chi connectivity index (χ2n) is 5.90. The Morgan fingerprint density at radius 3 is 2.85 bits per heavy atom. The molecule has 0 fully saturated rings. The average Bonchev–Trinajstić information content (AvgIpc) is 3.07. The van der Waals surface area contributed by atoms with Gasteiger partial charge in [-0.1, -0.05) is 0 Å². The fraction of sp³-hybridized carbons (Fsp3) is 0.158. The predicted molar refractivity (Wildman–Crippen MR) is 99.1 cm³/mol. The molecule has 0 aliphatic rings. The zero-order valence-electron chi connectivity index (χ0n) is 14.4. The van der Waals surface area contributed by atoms with E-state index in [9.17, 15) is 9.18 Å². The zero-order valence-corrected chi connectivity index (χ0v) is 14.4. The first-order valence-electron chi connectivity index (χ1n) is 8.08. The number of rotatable bonds is 6. The van der Waals surface area contributed by atoms with E-state index in [1.807, 2.05) is 6.07 Å². The maximum atomic E-state index is 14.3. The van der Waals surface area contributed by atoms with Gasteiger partial charge in [-0.15, -0.1) is 0 Å². The summed E-state index contributed by atoms with van der Waals surface area (Å²) in [4.78, 5) is 25.5. The lowest BCUT2D eigenvalue weighted by atomic mass is 10.1. The number of aromatic nitrogens is 3. The Bertz CT molecular complexity index is 1070. The number of carbonyl (C=O) groups excluding carboxylic acids is 1. The molecular weight excluding hydrogens is 349 g/mol. The van der Waals surface area contributed by atoms with Crippen molar-refractivity contribution in [1.82, 2.24) is 15.0 Å². The van der Waals surface area contributed by atoms with Gasteiger partial charge in [-0.25, -0.2) is 20.9 Å². The Labute approximate surface area is 154 Å². The SMILES string of the molecule is [C-]#[N+][C@H](C)COc1ncc(-c2cnc3[nH]cc(/C=C/C(N)=O)c3c2)cc1F. The van der Waals surface area contributed by atoms with Gasteiger partial charge >= 0.3 is 0 Å². The molecular formula is C19H16FN5O2. The predicted octanol–water partition coefficient (Wildman–Crippen LogP) is 2.95. The Morgan fingerprint density at radius 2 is 2.15 bits per heavy atom. The van der Waals surface area contributed by atoms with Gasteiger partial charge in [0.25, 0.3) is 11.9 Å². The third kappa shape index (κ3) is 4.10. The van der Waals surface area contributed by atoms with Gasteiger partial charge in [0.1, 0.15) is 5.65 Å². The summed E-state index contributed by atoms with van der Waals surface area (Å²) in [6.07, 6.45) is 7.62. The van der Waals surface area contributed by atoms with Crippen molar-refractivity contribution in [2.75, 3.05) is 6.61 Å². The number of carbonyl (C=O) groups is 1. The van der Waals surface area contributed by atoms with Crippen molar-refractivity contribution in [3.63, 3.8) is 0 Å². The molecule has 0 spiro atoms. The van der Waals surface area contributed by atoms with Gasteiger partial charge in [0.15, 0.2) is 12.4 Å². The number of hydrogen-bond acceptors (Lipinski definition) is 4. The molecule has 136 valence electrons. The number of nitrogens with one attached hydrogen (secondary N) is 1. The highest BCUT2D eigenvalue weighted by Crippen LogP contribution is 2.27. The first-order chi connectivity index (χ1) is 13.0. The molecule has 8 heteroatoms. The Balaban J connectivity index is 1.91. The number of primary amides is 1. The molecule has 3 rings (SSSR count). The van der Waals surface area contributed by atoms with Gasteiger partial charge in [0.2, 0.25) is 5.91 Å². The molecule has 0 aromatic carbocycles. The van der Waals surface area contributed by atoms with Crippen LogP contribution in [0.4, 0.5) is 4.39 Å². The maximum absolute atomic E-state index is 14.3. The molecule has 27 heavy (non-hydrogen) atoms. The fourth-order valence-corrected chi connectivity index (χ4v) is 2.42. The lowest BCUT2D eigenvalue weighted by Gasteiger charge is -2.07. The Hall–Kier alpha value is -3.73. The molecule has 7 nitrogen and oxygen atoms in total. The van der Waals surface area contributed by atoms with E-state index in [0.717, 1.165) is 10.9 Å². The summed E-state index contributed by atoms with van der Waals surface area (Å²) in [5.74, 6) is -1.31. The molecule has 0 radical (unpaired) electrons. The van der Waals surface area contributed by atoms with Gasteiger partial charge in [0.05, 0.1) is 0 Å². The highest BCUT2D eigenvalue weighted by molar-refractivity contribution is 5.95. The van der Waals surface area contributed by atoms with Crippen molar-refractivity contribution >= 4 is 23.0 Å². The van der Waals surface area contributed by atoms with Crippen LogP contribution in [-0.4, -0.2) is 33.5 Å². The minimum absolute atomic E-state index is 0.0686. The minimum Gasteiger partial charge on any atom is -0.467 e. The lowest BCUT2D eigenvalue weighted by molar-refractivity contribution is -0.113. The summed E-state index contributed by atoms with van der Waals surface area (Å²) in [7, 11) is 0. The van der Waals surface area contributed by atoms with Gasteiger partial charge in [0, 0.05) is 53.7 Å². The largest absolute Gasteiger partial charge is 0.467 e. The molecule has 1 atom stereocenters. The normalized spacial score (nSPS) is 12.2. The van der Waals surface area contributed by atoms with E-state index in [1.165, 1.54) is 18.3 Å². The summed E-state index contributed by atoms with van der Waals surface area (Å²) >= 11 is 0. The molecule has 3 aromatic rings. The third-order valence-electron chi connectivity index (χ3n) is 3.81. The van der Waals surface area contributed by atoms with E-state index in [4.69, 9.17) is 17.0 Å². The Morgan fingerprint density at radius 1 is 1.41 bits per heavy atom. The average molecular weight is 365 g/mol. The Kier molecular flexibility index (Phi) is 5.13. The number of nitrogens with two attached hydrogens (primary N) is 1. The van der Waals surface area contributed by atoms with E-state index in [-0.39, 0.29) is 18.5 Å². The number of H-pyrrole nitrogens is 1. The second kappa shape index (κ2) is 7.66. The third-order valence-corrected chi connectivity index (χ3v) is 3.81. The quantitative estimate of drug-likeness (QED) is 0.518. The van der Waals surface area contributed by atoms with Crippen LogP contribution in [0.2, 0.25) is 0 Å². The molecule has 3 N–H and O–H groups in total. The van der Waals surface area contributed by atoms with Crippen molar-refractivity contribution < 1.29 is 13.9 Å². The molecule has 0 saturated heterocycles. The van der Waals surface area contributed by atoms with E-state index in [0.29, 0.717) is 16.8 Å². The molecule has 0 aliphatic heterocycles. The molecule has 3 heterocycles. The summed E-state index contributed by atoms with van der Waals surface area (Å²) in [5.41, 5.74) is 7.67. The van der Waals surface area contributed by atoms with Crippen molar-refractivity contribution in [3.8, 4) is 17.0 Å². The standard InChI is InChI=1S/C19H16FN5O2/c1-11(22-2)10-27-19-16(20)6-14(9-25-19)13-5-15-12(3-4-17(21)26)7-23-18(15)24-8-13/h3-9,11H,10H2,1H3,(H2,21,26)(H,23,24)/b4-3+/t11-/m1/s1. The van der Waals surface area contributed by atoms with Crippen molar-refractivity contribution in [3.05, 3.63) is 59.6 Å². The van der Waals surface area contributed by atoms with Crippen LogP contribution in [0.5, 0.6) is 5.88 Å². The number of amides is 1. The molecule has 0 bridgehead atoms. The van der Waals surface area contributed by atoms with Gasteiger partial charge in [-0.2, -0.15) is 0 Å². The lowest BCUT2D eigenvalue weighted by Crippen LogP contribution is -2.11. The summed E-state index contributed by atoms with van der Waals surface area (Å²) in [6, 6.07) is 2.74. The van der Waals surface area contributed by atoms with Crippen LogP contribution in [0.1, 0.15) is 12.5 Å². The smallest absolute Gasteiger partial charge is 0.254 e. The summed E-state index contributed by atoms with van der Waals surface area (Å²) in [6.45, 7) is 8.64. The zero-order chi connectivity index (χ0) is 19.4. The van der Waals surface area contributed by atoms with E-state index in [1.54, 1.807) is 25.4 Å². The number of halogens is 1. The van der Waals surface area contributed by atoms with Crippen LogP contribution in [0.15, 0.2) is 36.8 Å². The second-order valence-corrected chi connectivity index (χ2v) is 5.90. The number of aromatic amines is 1. The summed E-state index contributed by atoms with van der Waals surface area (Å²) in [5, 5.41) is 0.761.